The standard InChI is InChI=1S/C20H22N2O2S4/c23-19-13-25-9-10-26-14-20(24)22-16-6-2-4-8-18(16)28-12-11-27-17-7-3-1-5-15(17)21-19/h1-8H,9-14H2,(H,21,23)(H,22,24). The van der Waals surface area contributed by atoms with E-state index in [9.17, 15) is 9.59 Å². The zero-order chi connectivity index (χ0) is 19.6. The molecule has 0 radical (unpaired) electrons. The van der Waals surface area contributed by atoms with Gasteiger partial charge in [-0.15, -0.1) is 23.5 Å². The Morgan fingerprint density at radius 2 is 1.04 bits per heavy atom. The number of para-hydroxylation sites is 2. The van der Waals surface area contributed by atoms with Crippen LogP contribution in [0.25, 0.3) is 0 Å². The van der Waals surface area contributed by atoms with Crippen LogP contribution in [0, 0.1) is 0 Å². The predicted molar refractivity (Wildman–Crippen MR) is 126 cm³/mol. The van der Waals surface area contributed by atoms with Gasteiger partial charge in [0, 0.05) is 32.8 Å². The van der Waals surface area contributed by atoms with Gasteiger partial charge in [0.15, 0.2) is 0 Å². The minimum Gasteiger partial charge on any atom is -0.324 e. The molecule has 0 aromatic heterocycles. The number of fused-ring (bicyclic) bond motifs is 2. The number of carbonyl (C=O) groups excluding carboxylic acids is 2. The van der Waals surface area contributed by atoms with Crippen molar-refractivity contribution >= 4 is 70.2 Å². The maximum absolute atomic E-state index is 12.2. The fourth-order valence-corrected chi connectivity index (χ4v) is 6.27. The zero-order valence-electron chi connectivity index (χ0n) is 15.3. The third-order valence-corrected chi connectivity index (χ3v) is 8.34. The molecule has 1 aliphatic heterocycles. The van der Waals surface area contributed by atoms with Crippen LogP contribution in [0.15, 0.2) is 58.3 Å². The molecule has 8 heteroatoms. The van der Waals surface area contributed by atoms with Gasteiger partial charge in [-0.25, -0.2) is 0 Å². The summed E-state index contributed by atoms with van der Waals surface area (Å²) in [4.78, 5) is 26.6. The second-order valence-electron chi connectivity index (χ2n) is 5.89. The lowest BCUT2D eigenvalue weighted by molar-refractivity contribution is -0.114. The van der Waals surface area contributed by atoms with Crippen LogP contribution < -0.4 is 10.6 Å². The maximum Gasteiger partial charge on any atom is 0.234 e. The number of hydrogen-bond acceptors (Lipinski definition) is 6. The molecule has 0 aliphatic carbocycles. The van der Waals surface area contributed by atoms with Gasteiger partial charge in [-0.1, -0.05) is 24.3 Å². The third kappa shape index (κ3) is 6.99. The zero-order valence-corrected chi connectivity index (χ0v) is 18.6. The molecule has 0 saturated carbocycles. The number of hydrogen-bond donors (Lipinski definition) is 2. The lowest BCUT2D eigenvalue weighted by Gasteiger charge is -2.13. The summed E-state index contributed by atoms with van der Waals surface area (Å²) in [7, 11) is 0. The lowest BCUT2D eigenvalue weighted by atomic mass is 10.3. The van der Waals surface area contributed by atoms with E-state index in [1.165, 1.54) is 0 Å². The Labute approximate surface area is 182 Å². The monoisotopic (exact) mass is 450 g/mol. The number of nitrogens with one attached hydrogen (secondary N) is 2. The summed E-state index contributed by atoms with van der Waals surface area (Å²) in [5.41, 5.74) is 1.76. The molecule has 1 heterocycles. The molecule has 3 rings (SSSR count). The third-order valence-electron chi connectivity index (χ3n) is 3.76. The van der Waals surface area contributed by atoms with Crippen LogP contribution >= 0.6 is 47.0 Å². The van der Waals surface area contributed by atoms with Crippen LogP contribution in [0.1, 0.15) is 0 Å². The van der Waals surface area contributed by atoms with Gasteiger partial charge in [0.05, 0.1) is 22.9 Å². The van der Waals surface area contributed by atoms with Crippen LogP contribution in [0.3, 0.4) is 0 Å². The highest BCUT2D eigenvalue weighted by Gasteiger charge is 2.10. The summed E-state index contributed by atoms with van der Waals surface area (Å²) >= 11 is 6.66. The van der Waals surface area contributed by atoms with Crippen molar-refractivity contribution in [2.24, 2.45) is 0 Å². The molecule has 2 N–H and O–H groups in total. The fourth-order valence-electron chi connectivity index (χ4n) is 2.51. The molecule has 2 aromatic carbocycles. The van der Waals surface area contributed by atoms with Crippen molar-refractivity contribution in [2.75, 3.05) is 45.2 Å². The Morgan fingerprint density at radius 1 is 0.607 bits per heavy atom. The molecule has 4 nitrogen and oxygen atoms in total. The number of rotatable bonds is 0. The van der Waals surface area contributed by atoms with Crippen molar-refractivity contribution in [3.8, 4) is 0 Å². The molecule has 148 valence electrons. The Balaban J connectivity index is 1.70. The van der Waals surface area contributed by atoms with Crippen molar-refractivity contribution in [3.05, 3.63) is 48.5 Å². The van der Waals surface area contributed by atoms with Gasteiger partial charge in [-0.2, -0.15) is 23.5 Å². The van der Waals surface area contributed by atoms with Crippen molar-refractivity contribution in [2.45, 2.75) is 9.79 Å². The smallest absolute Gasteiger partial charge is 0.234 e. The normalized spacial score (nSPS) is 17.3. The highest BCUT2D eigenvalue weighted by atomic mass is 32.2. The summed E-state index contributed by atoms with van der Waals surface area (Å²) < 4.78 is 0. The fraction of sp³-hybridized carbons (Fsp3) is 0.300. The molecule has 0 spiro atoms. The van der Waals surface area contributed by atoms with Crippen LogP contribution in [0.2, 0.25) is 0 Å². The Bertz CT molecular complexity index is 749. The Kier molecular flexibility index (Phi) is 8.98. The molecule has 2 aromatic rings. The van der Waals surface area contributed by atoms with Crippen molar-refractivity contribution in [1.82, 2.24) is 0 Å². The van der Waals surface area contributed by atoms with E-state index in [0.29, 0.717) is 11.5 Å². The summed E-state index contributed by atoms with van der Waals surface area (Å²) in [5.74, 6) is 4.39. The van der Waals surface area contributed by atoms with E-state index in [4.69, 9.17) is 0 Å². The summed E-state index contributed by atoms with van der Waals surface area (Å²) in [6, 6.07) is 15.9. The first-order valence-corrected chi connectivity index (χ1v) is 13.2. The largest absolute Gasteiger partial charge is 0.324 e. The molecule has 0 unspecified atom stereocenters. The van der Waals surface area contributed by atoms with E-state index in [0.717, 1.165) is 44.2 Å². The topological polar surface area (TPSA) is 58.2 Å². The molecule has 2 amide bonds. The van der Waals surface area contributed by atoms with E-state index >= 15 is 0 Å². The molecule has 0 fully saturated rings. The first-order chi connectivity index (χ1) is 13.7. The summed E-state index contributed by atoms with van der Waals surface area (Å²) in [6.07, 6.45) is 0. The number of amides is 2. The molecule has 28 heavy (non-hydrogen) atoms. The second kappa shape index (κ2) is 11.7. The van der Waals surface area contributed by atoms with Crippen LogP contribution in [-0.2, 0) is 9.59 Å². The number of thioether (sulfide) groups is 4. The van der Waals surface area contributed by atoms with Crippen LogP contribution in [0.5, 0.6) is 0 Å². The molecule has 1 aliphatic rings. The van der Waals surface area contributed by atoms with E-state index in [-0.39, 0.29) is 11.8 Å². The number of anilines is 2. The highest BCUT2D eigenvalue weighted by Crippen LogP contribution is 2.31. The van der Waals surface area contributed by atoms with Crippen molar-refractivity contribution in [3.63, 3.8) is 0 Å². The van der Waals surface area contributed by atoms with Crippen molar-refractivity contribution in [1.29, 1.82) is 0 Å². The summed E-state index contributed by atoms with van der Waals surface area (Å²) in [5, 5.41) is 6.06. The average Bonchev–Trinajstić information content (AvgIpc) is 2.69. The van der Waals surface area contributed by atoms with Gasteiger partial charge < -0.3 is 10.6 Å². The second-order valence-corrected chi connectivity index (χ2v) is 10.4. The van der Waals surface area contributed by atoms with Gasteiger partial charge in [0.2, 0.25) is 11.8 Å². The Morgan fingerprint density at radius 3 is 1.50 bits per heavy atom. The molecular formula is C20H22N2O2S4. The van der Waals surface area contributed by atoms with Gasteiger partial charge in [0.25, 0.3) is 0 Å². The van der Waals surface area contributed by atoms with Gasteiger partial charge >= 0.3 is 0 Å². The first-order valence-electron chi connectivity index (χ1n) is 8.91. The predicted octanol–water partition coefficient (Wildman–Crippen LogP) is 4.93. The first kappa shape index (κ1) is 21.5. The van der Waals surface area contributed by atoms with Gasteiger partial charge in [0.1, 0.15) is 0 Å². The molecule has 0 saturated heterocycles. The lowest BCUT2D eigenvalue weighted by Crippen LogP contribution is -2.16. The minimum absolute atomic E-state index is 0.0187. The van der Waals surface area contributed by atoms with E-state index in [1.54, 1.807) is 47.0 Å². The quantitative estimate of drug-likeness (QED) is 0.594. The minimum atomic E-state index is 0.0187. The molecule has 0 atom stereocenters. The van der Waals surface area contributed by atoms with Gasteiger partial charge in [-0.3, -0.25) is 9.59 Å². The Hall–Kier alpha value is -1.22. The maximum atomic E-state index is 12.2. The number of benzene rings is 2. The van der Waals surface area contributed by atoms with Gasteiger partial charge in [-0.05, 0) is 24.3 Å². The SMILES string of the molecule is O=C1CSCCSCC(=O)Nc2ccccc2SCCSc2ccccc2N1. The molecule has 0 bridgehead atoms. The average molecular weight is 451 g/mol. The summed E-state index contributed by atoms with van der Waals surface area (Å²) in [6.45, 7) is 0. The highest BCUT2D eigenvalue weighted by molar-refractivity contribution is 8.03. The van der Waals surface area contributed by atoms with Crippen LogP contribution in [0.4, 0.5) is 11.4 Å². The van der Waals surface area contributed by atoms with E-state index < -0.39 is 0 Å². The van der Waals surface area contributed by atoms with E-state index in [1.807, 2.05) is 48.5 Å². The molecular weight excluding hydrogens is 429 g/mol. The van der Waals surface area contributed by atoms with E-state index in [2.05, 4.69) is 10.6 Å². The number of carbonyl (C=O) groups is 2. The van der Waals surface area contributed by atoms with Crippen molar-refractivity contribution < 1.29 is 9.59 Å². The van der Waals surface area contributed by atoms with Crippen LogP contribution in [-0.4, -0.2) is 46.3 Å².